The van der Waals surface area contributed by atoms with E-state index in [9.17, 15) is 4.79 Å². The summed E-state index contributed by atoms with van der Waals surface area (Å²) in [6, 6.07) is 16.0. The number of hydrogen-bond donors (Lipinski definition) is 1. The van der Waals surface area contributed by atoms with Crippen LogP contribution in [0.1, 0.15) is 19.4 Å². The zero-order chi connectivity index (χ0) is 17.5. The number of nitrogens with one attached hydrogen (secondary N) is 1. The standard InChI is InChI=1S/C19H20N2O3/c1-13(2)18(24-17-7-5-4-6-14(17)12-20)19(22)21-15-8-10-16(23-3)11-9-15/h4-11,13,18H,1-3H3,(H,21,22). The van der Waals surface area contributed by atoms with Crippen LogP contribution in [0.15, 0.2) is 48.5 Å². The van der Waals surface area contributed by atoms with Gasteiger partial charge in [0.1, 0.15) is 17.6 Å². The molecule has 2 rings (SSSR count). The van der Waals surface area contributed by atoms with Crippen LogP contribution >= 0.6 is 0 Å². The van der Waals surface area contributed by atoms with Gasteiger partial charge in [-0.25, -0.2) is 0 Å². The Kier molecular flexibility index (Phi) is 5.80. The molecule has 1 atom stereocenters. The Hall–Kier alpha value is -3.00. The third kappa shape index (κ3) is 4.26. The predicted molar refractivity (Wildman–Crippen MR) is 92.0 cm³/mol. The minimum absolute atomic E-state index is 0.0602. The normalized spacial score (nSPS) is 11.5. The average molecular weight is 324 g/mol. The van der Waals surface area contributed by atoms with Crippen molar-refractivity contribution < 1.29 is 14.3 Å². The lowest BCUT2D eigenvalue weighted by Crippen LogP contribution is -2.37. The predicted octanol–water partition coefficient (Wildman–Crippen LogP) is 3.61. The number of carbonyl (C=O) groups excluding carboxylic acids is 1. The van der Waals surface area contributed by atoms with E-state index in [1.165, 1.54) is 0 Å². The smallest absolute Gasteiger partial charge is 0.265 e. The largest absolute Gasteiger partial charge is 0.497 e. The Balaban J connectivity index is 2.14. The topological polar surface area (TPSA) is 71.3 Å². The summed E-state index contributed by atoms with van der Waals surface area (Å²) >= 11 is 0. The van der Waals surface area contributed by atoms with Crippen LogP contribution < -0.4 is 14.8 Å². The zero-order valence-corrected chi connectivity index (χ0v) is 13.9. The first-order chi connectivity index (χ1) is 11.5. The van der Waals surface area contributed by atoms with Crippen molar-refractivity contribution in [2.75, 3.05) is 12.4 Å². The van der Waals surface area contributed by atoms with Gasteiger partial charge in [0.15, 0.2) is 6.10 Å². The van der Waals surface area contributed by atoms with E-state index < -0.39 is 6.10 Å². The number of rotatable bonds is 6. The molecule has 0 aliphatic rings. The minimum Gasteiger partial charge on any atom is -0.497 e. The van der Waals surface area contributed by atoms with Crippen molar-refractivity contribution in [3.05, 3.63) is 54.1 Å². The number of nitriles is 1. The molecule has 124 valence electrons. The van der Waals surface area contributed by atoms with Crippen LogP contribution in [0, 0.1) is 17.2 Å². The molecular formula is C19H20N2O3. The van der Waals surface area contributed by atoms with Gasteiger partial charge in [-0.1, -0.05) is 26.0 Å². The molecule has 0 spiro atoms. The second-order valence-electron chi connectivity index (χ2n) is 5.61. The van der Waals surface area contributed by atoms with Gasteiger partial charge in [0, 0.05) is 5.69 Å². The summed E-state index contributed by atoms with van der Waals surface area (Å²) in [5.41, 5.74) is 1.06. The lowest BCUT2D eigenvalue weighted by molar-refractivity contribution is -0.124. The molecule has 1 amide bonds. The van der Waals surface area contributed by atoms with Crippen molar-refractivity contribution in [3.63, 3.8) is 0 Å². The van der Waals surface area contributed by atoms with Crippen LogP contribution in [0.25, 0.3) is 0 Å². The molecule has 0 saturated carbocycles. The summed E-state index contributed by atoms with van der Waals surface area (Å²) in [5, 5.41) is 12.0. The Morgan fingerprint density at radius 1 is 1.12 bits per heavy atom. The Labute approximate surface area is 141 Å². The zero-order valence-electron chi connectivity index (χ0n) is 13.9. The van der Waals surface area contributed by atoms with Crippen molar-refractivity contribution in [1.82, 2.24) is 0 Å². The van der Waals surface area contributed by atoms with E-state index in [1.54, 1.807) is 55.6 Å². The molecule has 1 unspecified atom stereocenters. The van der Waals surface area contributed by atoms with Gasteiger partial charge in [-0.3, -0.25) is 4.79 Å². The van der Waals surface area contributed by atoms with E-state index >= 15 is 0 Å². The fraction of sp³-hybridized carbons (Fsp3) is 0.263. The maximum atomic E-state index is 12.6. The number of methoxy groups -OCH3 is 1. The van der Waals surface area contributed by atoms with Gasteiger partial charge >= 0.3 is 0 Å². The number of hydrogen-bond acceptors (Lipinski definition) is 4. The number of amides is 1. The highest BCUT2D eigenvalue weighted by Crippen LogP contribution is 2.22. The van der Waals surface area contributed by atoms with E-state index in [0.29, 0.717) is 22.7 Å². The fourth-order valence-corrected chi connectivity index (χ4v) is 2.18. The van der Waals surface area contributed by atoms with E-state index in [4.69, 9.17) is 14.7 Å². The van der Waals surface area contributed by atoms with Crippen molar-refractivity contribution in [2.45, 2.75) is 20.0 Å². The number of nitrogens with zero attached hydrogens (tertiary/aromatic N) is 1. The first kappa shape index (κ1) is 17.4. The van der Waals surface area contributed by atoms with Crippen LogP contribution in [0.4, 0.5) is 5.69 Å². The van der Waals surface area contributed by atoms with Gasteiger partial charge < -0.3 is 14.8 Å². The lowest BCUT2D eigenvalue weighted by Gasteiger charge is -2.22. The molecule has 0 aromatic heterocycles. The average Bonchev–Trinajstić information content (AvgIpc) is 2.60. The van der Waals surface area contributed by atoms with Crippen molar-refractivity contribution in [1.29, 1.82) is 5.26 Å². The highest BCUT2D eigenvalue weighted by atomic mass is 16.5. The molecule has 5 nitrogen and oxygen atoms in total. The van der Waals surface area contributed by atoms with Gasteiger partial charge in [-0.2, -0.15) is 5.26 Å². The van der Waals surface area contributed by atoms with Crippen molar-refractivity contribution in [2.24, 2.45) is 5.92 Å². The number of ether oxygens (including phenoxy) is 2. The summed E-state index contributed by atoms with van der Waals surface area (Å²) in [4.78, 5) is 12.6. The van der Waals surface area contributed by atoms with Gasteiger partial charge in [0.25, 0.3) is 5.91 Å². The molecule has 24 heavy (non-hydrogen) atoms. The fourth-order valence-electron chi connectivity index (χ4n) is 2.18. The van der Waals surface area contributed by atoms with Crippen LogP contribution in [0.3, 0.4) is 0 Å². The van der Waals surface area contributed by atoms with Gasteiger partial charge in [-0.05, 0) is 42.3 Å². The molecule has 1 N–H and O–H groups in total. The number of carbonyl (C=O) groups is 1. The molecule has 0 radical (unpaired) electrons. The molecule has 2 aromatic carbocycles. The summed E-state index contributed by atoms with van der Waals surface area (Å²) in [6.45, 7) is 3.79. The monoisotopic (exact) mass is 324 g/mol. The van der Waals surface area contributed by atoms with E-state index in [1.807, 2.05) is 13.8 Å². The van der Waals surface area contributed by atoms with E-state index in [2.05, 4.69) is 11.4 Å². The van der Waals surface area contributed by atoms with Crippen LogP contribution in [-0.4, -0.2) is 19.1 Å². The molecule has 5 heteroatoms. The molecule has 2 aromatic rings. The van der Waals surface area contributed by atoms with Crippen LogP contribution in [-0.2, 0) is 4.79 Å². The number of anilines is 1. The third-order valence-electron chi connectivity index (χ3n) is 3.48. The summed E-state index contributed by atoms with van der Waals surface area (Å²) in [5.74, 6) is 0.800. The maximum absolute atomic E-state index is 12.6. The molecule has 0 bridgehead atoms. The van der Waals surface area contributed by atoms with Crippen molar-refractivity contribution in [3.8, 4) is 17.6 Å². The highest BCUT2D eigenvalue weighted by molar-refractivity contribution is 5.94. The maximum Gasteiger partial charge on any atom is 0.265 e. The molecule has 0 heterocycles. The first-order valence-electron chi connectivity index (χ1n) is 7.66. The summed E-state index contributed by atoms with van der Waals surface area (Å²) < 4.78 is 10.9. The van der Waals surface area contributed by atoms with Crippen LogP contribution in [0.5, 0.6) is 11.5 Å². The SMILES string of the molecule is COc1ccc(NC(=O)C(Oc2ccccc2C#N)C(C)C)cc1. The molecule has 0 aliphatic heterocycles. The Morgan fingerprint density at radius 2 is 1.79 bits per heavy atom. The van der Waals surface area contributed by atoms with E-state index in [0.717, 1.165) is 0 Å². The number of para-hydroxylation sites is 1. The van der Waals surface area contributed by atoms with Gasteiger partial charge in [0.05, 0.1) is 12.7 Å². The molecule has 0 aliphatic carbocycles. The van der Waals surface area contributed by atoms with Gasteiger partial charge in [-0.15, -0.1) is 0 Å². The molecule has 0 fully saturated rings. The van der Waals surface area contributed by atoms with Gasteiger partial charge in [0.2, 0.25) is 0 Å². The quantitative estimate of drug-likeness (QED) is 0.881. The third-order valence-corrected chi connectivity index (χ3v) is 3.48. The second kappa shape index (κ2) is 8.02. The Bertz CT molecular complexity index is 733. The highest BCUT2D eigenvalue weighted by Gasteiger charge is 2.25. The number of benzene rings is 2. The Morgan fingerprint density at radius 3 is 2.38 bits per heavy atom. The lowest BCUT2D eigenvalue weighted by atomic mass is 10.1. The second-order valence-corrected chi connectivity index (χ2v) is 5.61. The minimum atomic E-state index is -0.707. The molecule has 0 saturated heterocycles. The summed E-state index contributed by atoms with van der Waals surface area (Å²) in [7, 11) is 1.59. The van der Waals surface area contributed by atoms with Crippen LogP contribution in [0.2, 0.25) is 0 Å². The van der Waals surface area contributed by atoms with Crippen molar-refractivity contribution >= 4 is 11.6 Å². The van der Waals surface area contributed by atoms with E-state index in [-0.39, 0.29) is 11.8 Å². The first-order valence-corrected chi connectivity index (χ1v) is 7.66. The summed E-state index contributed by atoms with van der Waals surface area (Å²) in [6.07, 6.45) is -0.707. The molecular weight excluding hydrogens is 304 g/mol.